The van der Waals surface area contributed by atoms with E-state index in [1.165, 1.54) is 0 Å². The van der Waals surface area contributed by atoms with E-state index in [0.717, 1.165) is 0 Å². The van der Waals surface area contributed by atoms with Crippen LogP contribution in [0.2, 0.25) is 0 Å². The molecular formula is C5H4Cl3F3O2. The zero-order valence-electron chi connectivity index (χ0n) is 5.91. The summed E-state index contributed by atoms with van der Waals surface area (Å²) in [5.74, 6) is 0. The van der Waals surface area contributed by atoms with Crippen LogP contribution in [0.5, 0.6) is 0 Å². The van der Waals surface area contributed by atoms with Crippen molar-refractivity contribution in [3.8, 4) is 0 Å². The minimum absolute atomic E-state index is 0.171. The molecule has 0 saturated heterocycles. The van der Waals surface area contributed by atoms with E-state index < -0.39 is 22.0 Å². The van der Waals surface area contributed by atoms with Gasteiger partial charge >= 0.3 is 5.38 Å². The molecule has 8 heteroatoms. The van der Waals surface area contributed by atoms with Gasteiger partial charge in [-0.15, -0.1) is 0 Å². The molecule has 1 unspecified atom stereocenters. The first-order chi connectivity index (χ1) is 5.56. The molecule has 13 heavy (non-hydrogen) atoms. The van der Waals surface area contributed by atoms with Crippen molar-refractivity contribution in [3.63, 3.8) is 0 Å². The van der Waals surface area contributed by atoms with Crippen LogP contribution < -0.4 is 0 Å². The van der Waals surface area contributed by atoms with Crippen LogP contribution in [0.1, 0.15) is 6.42 Å². The highest BCUT2D eigenvalue weighted by Gasteiger charge is 2.64. The van der Waals surface area contributed by atoms with E-state index in [-0.39, 0.29) is 6.29 Å². The number of halogens is 6. The van der Waals surface area contributed by atoms with Crippen LogP contribution in [0.25, 0.3) is 0 Å². The molecule has 0 aliphatic rings. The molecule has 0 rings (SSSR count). The highest BCUT2D eigenvalue weighted by atomic mass is 35.5. The largest absolute Gasteiger partial charge is 0.377 e. The van der Waals surface area contributed by atoms with Gasteiger partial charge < -0.3 is 9.90 Å². The Morgan fingerprint density at radius 1 is 1.23 bits per heavy atom. The Bertz CT molecular complexity index is 184. The molecule has 0 aliphatic heterocycles. The van der Waals surface area contributed by atoms with Crippen molar-refractivity contribution >= 4 is 41.1 Å². The molecule has 0 spiro atoms. The summed E-state index contributed by atoms with van der Waals surface area (Å²) >= 11 is 13.6. The number of carbonyl (C=O) groups is 1. The maximum absolute atomic E-state index is 12.7. The minimum atomic E-state index is -4.45. The van der Waals surface area contributed by atoms with Crippen molar-refractivity contribution < 1.29 is 23.1 Å². The van der Waals surface area contributed by atoms with Gasteiger partial charge in [0.25, 0.3) is 4.59 Å². The fraction of sp³-hybridized carbons (Fsp3) is 0.800. The fourth-order valence-corrected chi connectivity index (χ4v) is 1.21. The molecule has 0 saturated carbocycles. The Kier molecular flexibility index (Phi) is 3.89. The first-order valence-corrected chi connectivity index (χ1v) is 3.99. The average molecular weight is 259 g/mol. The number of carbonyl (C=O) groups excluding carboxylic acids is 1. The second-order valence-corrected chi connectivity index (χ2v) is 3.94. The van der Waals surface area contributed by atoms with Gasteiger partial charge in [0.05, 0.1) is 0 Å². The van der Waals surface area contributed by atoms with Crippen molar-refractivity contribution in [2.75, 3.05) is 0 Å². The Labute approximate surface area is 86.6 Å². The molecule has 0 aromatic rings. The lowest BCUT2D eigenvalue weighted by atomic mass is 10.0. The summed E-state index contributed by atoms with van der Waals surface area (Å²) in [7, 11) is 0. The zero-order valence-corrected chi connectivity index (χ0v) is 8.18. The van der Waals surface area contributed by atoms with Gasteiger partial charge in [-0.25, -0.2) is 4.39 Å². The summed E-state index contributed by atoms with van der Waals surface area (Å²) in [6.07, 6.45) is -1.50. The third-order valence-electron chi connectivity index (χ3n) is 1.32. The predicted molar refractivity (Wildman–Crippen MR) is 42.0 cm³/mol. The minimum Gasteiger partial charge on any atom is -0.377 e. The summed E-state index contributed by atoms with van der Waals surface area (Å²) in [6, 6.07) is 0. The second-order valence-electron chi connectivity index (χ2n) is 2.23. The Balaban J connectivity index is 5.07. The van der Waals surface area contributed by atoms with Crippen LogP contribution in [0.15, 0.2) is 0 Å². The zero-order chi connectivity index (χ0) is 10.9. The average Bonchev–Trinajstić information content (AvgIpc) is 1.82. The van der Waals surface area contributed by atoms with E-state index in [2.05, 4.69) is 34.8 Å². The number of hydrogen-bond donors (Lipinski definition) is 1. The number of hydrogen-bond acceptors (Lipinski definition) is 2. The van der Waals surface area contributed by atoms with Gasteiger partial charge in [0.15, 0.2) is 0 Å². The molecular weight excluding hydrogens is 255 g/mol. The molecule has 0 aromatic heterocycles. The molecule has 1 N–H and O–H groups in total. The summed E-state index contributed by atoms with van der Waals surface area (Å²) in [5.41, 5.74) is -3.65. The molecule has 0 radical (unpaired) electrons. The van der Waals surface area contributed by atoms with Gasteiger partial charge in [0, 0.05) is 6.42 Å². The Morgan fingerprint density at radius 3 is 1.69 bits per heavy atom. The fourth-order valence-electron chi connectivity index (χ4n) is 0.513. The van der Waals surface area contributed by atoms with Crippen molar-refractivity contribution in [2.24, 2.45) is 0 Å². The number of aldehydes is 1. The Morgan fingerprint density at radius 2 is 1.62 bits per heavy atom. The van der Waals surface area contributed by atoms with Crippen molar-refractivity contribution in [2.45, 2.75) is 22.0 Å². The molecule has 0 amide bonds. The molecule has 0 bridgehead atoms. The topological polar surface area (TPSA) is 37.3 Å². The third-order valence-corrected chi connectivity index (χ3v) is 2.25. The lowest BCUT2D eigenvalue weighted by Gasteiger charge is -2.34. The van der Waals surface area contributed by atoms with E-state index in [0.29, 0.717) is 0 Å². The number of rotatable bonds is 4. The SMILES string of the molecule is O=CCC(O)(C(F)(F)Cl)C(F)(Cl)Cl. The van der Waals surface area contributed by atoms with Gasteiger partial charge in [0.2, 0.25) is 5.60 Å². The molecule has 78 valence electrons. The van der Waals surface area contributed by atoms with Crippen LogP contribution in [-0.2, 0) is 4.79 Å². The van der Waals surface area contributed by atoms with Gasteiger partial charge in [0.1, 0.15) is 6.29 Å². The number of aliphatic hydroxyl groups is 1. The lowest BCUT2D eigenvalue weighted by Crippen LogP contribution is -2.55. The number of alkyl halides is 6. The van der Waals surface area contributed by atoms with Crippen molar-refractivity contribution in [3.05, 3.63) is 0 Å². The summed E-state index contributed by atoms with van der Waals surface area (Å²) in [6.45, 7) is 0. The second kappa shape index (κ2) is 3.81. The van der Waals surface area contributed by atoms with Gasteiger partial charge in [-0.05, 0) is 11.6 Å². The van der Waals surface area contributed by atoms with Gasteiger partial charge in [-0.3, -0.25) is 0 Å². The maximum atomic E-state index is 12.7. The highest BCUT2D eigenvalue weighted by molar-refractivity contribution is 6.48. The standard InChI is InChI=1S/C5H4Cl3F3O2/c6-4(7,9)3(13,1-2-12)5(8,10)11/h2,13H,1H2. The monoisotopic (exact) mass is 258 g/mol. The Hall–Kier alpha value is 0.290. The lowest BCUT2D eigenvalue weighted by molar-refractivity contribution is -0.163. The normalized spacial score (nSPS) is 18.1. The molecule has 2 nitrogen and oxygen atoms in total. The summed E-state index contributed by atoms with van der Waals surface area (Å²) in [4.78, 5) is 9.88. The van der Waals surface area contributed by atoms with E-state index >= 15 is 0 Å². The highest BCUT2D eigenvalue weighted by Crippen LogP contribution is 2.48. The quantitative estimate of drug-likeness (QED) is 0.621. The van der Waals surface area contributed by atoms with Crippen molar-refractivity contribution in [1.29, 1.82) is 0 Å². The molecule has 0 aliphatic carbocycles. The summed E-state index contributed by atoms with van der Waals surface area (Å²) in [5, 5.41) is 4.48. The predicted octanol–water partition coefficient (Wildman–Crippen LogP) is 2.24. The van der Waals surface area contributed by atoms with Gasteiger partial charge in [-0.1, -0.05) is 23.2 Å². The van der Waals surface area contributed by atoms with Crippen LogP contribution >= 0.6 is 34.8 Å². The molecule has 0 fully saturated rings. The van der Waals surface area contributed by atoms with Crippen molar-refractivity contribution in [1.82, 2.24) is 0 Å². The first-order valence-electron chi connectivity index (χ1n) is 2.86. The first kappa shape index (κ1) is 13.3. The van der Waals surface area contributed by atoms with Crippen LogP contribution in [-0.4, -0.2) is 27.0 Å². The third kappa shape index (κ3) is 2.62. The van der Waals surface area contributed by atoms with E-state index in [1.54, 1.807) is 0 Å². The summed E-state index contributed by atoms with van der Waals surface area (Å²) < 4.78 is 33.8. The smallest absolute Gasteiger partial charge is 0.356 e. The molecule has 0 heterocycles. The van der Waals surface area contributed by atoms with Crippen LogP contribution in [0.4, 0.5) is 13.2 Å². The van der Waals surface area contributed by atoms with Crippen LogP contribution in [0, 0.1) is 0 Å². The van der Waals surface area contributed by atoms with Crippen LogP contribution in [0.3, 0.4) is 0 Å². The van der Waals surface area contributed by atoms with Gasteiger partial charge in [-0.2, -0.15) is 8.78 Å². The van der Waals surface area contributed by atoms with E-state index in [1.807, 2.05) is 0 Å². The molecule has 0 aromatic carbocycles. The van der Waals surface area contributed by atoms with E-state index in [9.17, 15) is 18.0 Å². The van der Waals surface area contributed by atoms with E-state index in [4.69, 9.17) is 5.11 Å². The maximum Gasteiger partial charge on any atom is 0.356 e. The molecule has 1 atom stereocenters.